The summed E-state index contributed by atoms with van der Waals surface area (Å²) >= 11 is 1.53. The molecule has 0 aromatic heterocycles. The third-order valence-corrected chi connectivity index (χ3v) is 6.09. The molecule has 0 spiro atoms. The molecule has 2 heterocycles. The van der Waals surface area contributed by atoms with Crippen LogP contribution < -0.4 is 0 Å². The summed E-state index contributed by atoms with van der Waals surface area (Å²) in [5, 5.41) is 9.57. The van der Waals surface area contributed by atoms with Gasteiger partial charge < -0.3 is 10.0 Å². The first-order valence-corrected chi connectivity index (χ1v) is 8.41. The van der Waals surface area contributed by atoms with Gasteiger partial charge in [0.2, 0.25) is 0 Å². The predicted octanol–water partition coefficient (Wildman–Crippen LogP) is 2.85. The van der Waals surface area contributed by atoms with E-state index in [-0.39, 0.29) is 5.91 Å². The minimum Gasteiger partial charge on any atom is -0.480 e. The number of carboxylic acid groups (broad SMARTS) is 1. The Labute approximate surface area is 138 Å². The van der Waals surface area contributed by atoms with Gasteiger partial charge in [-0.2, -0.15) is 0 Å². The Morgan fingerprint density at radius 1 is 1.26 bits per heavy atom. The highest BCUT2D eigenvalue weighted by Crippen LogP contribution is 2.57. The maximum absolute atomic E-state index is 12.9. The number of carboxylic acids is 1. The van der Waals surface area contributed by atoms with Crippen molar-refractivity contribution in [2.75, 3.05) is 5.75 Å². The monoisotopic (exact) mass is 325 g/mol. The molecule has 4 rings (SSSR count). The second kappa shape index (κ2) is 4.86. The molecular formula is C18H15NO3S. The van der Waals surface area contributed by atoms with E-state index in [1.54, 1.807) is 11.0 Å². The fourth-order valence-corrected chi connectivity index (χ4v) is 5.23. The lowest BCUT2D eigenvalue weighted by molar-refractivity contribution is -0.141. The fourth-order valence-electron chi connectivity index (χ4n) is 3.57. The molecule has 0 aliphatic carbocycles. The van der Waals surface area contributed by atoms with Crippen LogP contribution in [0.25, 0.3) is 0 Å². The van der Waals surface area contributed by atoms with Crippen LogP contribution in [-0.4, -0.2) is 33.7 Å². The molecule has 0 saturated carbocycles. The van der Waals surface area contributed by atoms with Gasteiger partial charge in [0, 0.05) is 16.9 Å². The summed E-state index contributed by atoms with van der Waals surface area (Å²) in [5.41, 5.74) is 3.55. The van der Waals surface area contributed by atoms with Gasteiger partial charge in [-0.25, -0.2) is 4.79 Å². The minimum absolute atomic E-state index is 0.195. The van der Waals surface area contributed by atoms with Crippen molar-refractivity contribution in [2.45, 2.75) is 17.8 Å². The zero-order chi connectivity index (χ0) is 16.2. The number of amides is 1. The molecule has 2 aliphatic heterocycles. The highest BCUT2D eigenvalue weighted by atomic mass is 32.2. The molecule has 5 heteroatoms. The highest BCUT2D eigenvalue weighted by Gasteiger charge is 2.59. The van der Waals surface area contributed by atoms with Crippen molar-refractivity contribution < 1.29 is 14.7 Å². The van der Waals surface area contributed by atoms with Gasteiger partial charge in [0.1, 0.15) is 10.9 Å². The number of benzene rings is 2. The van der Waals surface area contributed by atoms with Gasteiger partial charge in [0.15, 0.2) is 0 Å². The summed E-state index contributed by atoms with van der Waals surface area (Å²) in [5.74, 6) is -0.753. The van der Waals surface area contributed by atoms with Gasteiger partial charge in [-0.15, -0.1) is 11.8 Å². The maximum atomic E-state index is 12.9. The summed E-state index contributed by atoms with van der Waals surface area (Å²) in [7, 11) is 0. The Hall–Kier alpha value is -2.27. The molecule has 0 radical (unpaired) electrons. The molecule has 2 aliphatic rings. The lowest BCUT2D eigenvalue weighted by Crippen LogP contribution is -2.46. The van der Waals surface area contributed by atoms with Crippen LogP contribution in [0.4, 0.5) is 0 Å². The Kier molecular flexibility index (Phi) is 3.03. The van der Waals surface area contributed by atoms with E-state index in [0.717, 1.165) is 16.7 Å². The number of rotatable bonds is 2. The van der Waals surface area contributed by atoms with Crippen molar-refractivity contribution in [3.63, 3.8) is 0 Å². The molecule has 1 fully saturated rings. The molecule has 1 N–H and O–H groups in total. The summed E-state index contributed by atoms with van der Waals surface area (Å²) in [6, 6.07) is 14.6. The van der Waals surface area contributed by atoms with Crippen molar-refractivity contribution in [3.05, 3.63) is 70.8 Å². The van der Waals surface area contributed by atoms with Crippen LogP contribution in [-0.2, 0) is 9.67 Å². The van der Waals surface area contributed by atoms with E-state index in [0.29, 0.717) is 11.3 Å². The van der Waals surface area contributed by atoms with E-state index in [9.17, 15) is 14.7 Å². The van der Waals surface area contributed by atoms with Gasteiger partial charge in [-0.05, 0) is 18.6 Å². The number of hydrogen-bond acceptors (Lipinski definition) is 3. The smallest absolute Gasteiger partial charge is 0.327 e. The van der Waals surface area contributed by atoms with Gasteiger partial charge in [0.05, 0.1) is 0 Å². The topological polar surface area (TPSA) is 57.6 Å². The minimum atomic E-state index is -0.951. The largest absolute Gasteiger partial charge is 0.480 e. The van der Waals surface area contributed by atoms with E-state index in [1.807, 2.05) is 49.4 Å². The third kappa shape index (κ3) is 1.80. The normalized spacial score (nSPS) is 25.3. The van der Waals surface area contributed by atoms with Crippen LogP contribution in [0.15, 0.2) is 48.5 Å². The van der Waals surface area contributed by atoms with Gasteiger partial charge in [-0.1, -0.05) is 48.0 Å². The van der Waals surface area contributed by atoms with Crippen LogP contribution in [0.5, 0.6) is 0 Å². The molecule has 1 unspecified atom stereocenters. The third-order valence-electron chi connectivity index (χ3n) is 4.54. The quantitative estimate of drug-likeness (QED) is 0.922. The predicted molar refractivity (Wildman–Crippen MR) is 88.5 cm³/mol. The number of thioether (sulfide) groups is 1. The molecule has 1 amide bonds. The first kappa shape index (κ1) is 14.3. The number of carbonyl (C=O) groups is 2. The molecule has 2 aromatic rings. The lowest BCUT2D eigenvalue weighted by Gasteiger charge is -2.34. The van der Waals surface area contributed by atoms with Crippen molar-refractivity contribution in [1.82, 2.24) is 4.90 Å². The van der Waals surface area contributed by atoms with Crippen molar-refractivity contribution in [2.24, 2.45) is 0 Å². The number of aliphatic carboxylic acids is 1. The summed E-state index contributed by atoms with van der Waals surface area (Å²) in [6.07, 6.45) is 0. The molecular weight excluding hydrogens is 310 g/mol. The molecule has 0 bridgehead atoms. The number of hydrogen-bond donors (Lipinski definition) is 1. The van der Waals surface area contributed by atoms with Crippen molar-refractivity contribution in [3.8, 4) is 0 Å². The first-order chi connectivity index (χ1) is 11.1. The van der Waals surface area contributed by atoms with Crippen LogP contribution in [0.1, 0.15) is 27.0 Å². The van der Waals surface area contributed by atoms with E-state index in [1.165, 1.54) is 11.8 Å². The maximum Gasteiger partial charge on any atom is 0.327 e. The van der Waals surface area contributed by atoms with E-state index in [4.69, 9.17) is 0 Å². The van der Waals surface area contributed by atoms with Crippen molar-refractivity contribution >= 4 is 23.6 Å². The highest BCUT2D eigenvalue weighted by molar-refractivity contribution is 8.00. The summed E-state index contributed by atoms with van der Waals surface area (Å²) in [6.45, 7) is 2.00. The second-order valence-electron chi connectivity index (χ2n) is 5.90. The molecule has 2 atom stereocenters. The summed E-state index contributed by atoms with van der Waals surface area (Å²) in [4.78, 5) is 25.4. The van der Waals surface area contributed by atoms with Crippen molar-refractivity contribution in [1.29, 1.82) is 0 Å². The number of nitrogens with zero attached hydrogens (tertiary/aromatic N) is 1. The zero-order valence-corrected chi connectivity index (χ0v) is 13.3. The second-order valence-corrected chi connectivity index (χ2v) is 7.11. The Balaban J connectivity index is 2.01. The molecule has 116 valence electrons. The van der Waals surface area contributed by atoms with Gasteiger partial charge in [0.25, 0.3) is 5.91 Å². The van der Waals surface area contributed by atoms with E-state index in [2.05, 4.69) is 0 Å². The van der Waals surface area contributed by atoms with Crippen LogP contribution in [0.3, 0.4) is 0 Å². The van der Waals surface area contributed by atoms with Crippen LogP contribution in [0, 0.1) is 6.92 Å². The zero-order valence-electron chi connectivity index (χ0n) is 12.5. The van der Waals surface area contributed by atoms with Gasteiger partial charge in [-0.3, -0.25) is 4.79 Å². The number of aryl methyl sites for hydroxylation is 1. The number of carbonyl (C=O) groups excluding carboxylic acids is 1. The van der Waals surface area contributed by atoms with E-state index >= 15 is 0 Å². The Bertz CT molecular complexity index is 835. The first-order valence-electron chi connectivity index (χ1n) is 7.43. The SMILES string of the molecule is Cc1cccc([C@]23SCC(C(=O)O)N2C(=O)c2ccccc23)c1. The Morgan fingerprint density at radius 2 is 2.04 bits per heavy atom. The molecule has 2 aromatic carbocycles. The standard InChI is InChI=1S/C18H15NO3S/c1-11-5-4-6-12(9-11)18-14-8-3-2-7-13(14)16(20)19(18)15(10-23-18)17(21)22/h2-9,15H,10H2,1H3,(H,21,22)/t15?,18-/m1/s1. The van der Waals surface area contributed by atoms with Gasteiger partial charge >= 0.3 is 5.97 Å². The average Bonchev–Trinajstić information content (AvgIpc) is 3.05. The Morgan fingerprint density at radius 3 is 2.78 bits per heavy atom. The fraction of sp³-hybridized carbons (Fsp3) is 0.222. The molecule has 1 saturated heterocycles. The lowest BCUT2D eigenvalue weighted by atomic mass is 9.95. The molecule has 23 heavy (non-hydrogen) atoms. The van der Waals surface area contributed by atoms with Crippen LogP contribution >= 0.6 is 11.8 Å². The van der Waals surface area contributed by atoms with Crippen LogP contribution in [0.2, 0.25) is 0 Å². The average molecular weight is 325 g/mol. The van der Waals surface area contributed by atoms with E-state index < -0.39 is 16.9 Å². The summed E-state index contributed by atoms with van der Waals surface area (Å²) < 4.78 is 0. The molecule has 4 nitrogen and oxygen atoms in total. The number of fused-ring (bicyclic) bond motifs is 3.